The Labute approximate surface area is 368 Å². The second kappa shape index (κ2) is 25.1. The number of methoxy groups -OCH3 is 3. The number of amides is 4. The molecule has 338 valence electrons. The highest BCUT2D eigenvalue weighted by atomic mass is 16.6. The van der Waals surface area contributed by atoms with Crippen LogP contribution in [0, 0.1) is 0 Å². The molecule has 2 atom stereocenters. The van der Waals surface area contributed by atoms with Gasteiger partial charge in [-0.25, -0.2) is 19.8 Å². The van der Waals surface area contributed by atoms with Crippen molar-refractivity contribution in [1.82, 2.24) is 21.4 Å². The molecule has 4 rings (SSSR count). The fourth-order valence-corrected chi connectivity index (χ4v) is 6.05. The van der Waals surface area contributed by atoms with E-state index in [1.165, 1.54) is 0 Å². The molecule has 4 amide bonds. The highest BCUT2D eigenvalue weighted by Crippen LogP contribution is 2.17. The molecule has 0 saturated heterocycles. The van der Waals surface area contributed by atoms with Crippen LogP contribution in [0.25, 0.3) is 0 Å². The van der Waals surface area contributed by atoms with Gasteiger partial charge >= 0.3 is 24.1 Å². The second-order valence-corrected chi connectivity index (χ2v) is 15.5. The molecular weight excluding hydrogens is 811 g/mol. The van der Waals surface area contributed by atoms with Crippen LogP contribution >= 0.6 is 0 Å². The molecule has 4 aromatic carbocycles. The highest BCUT2D eigenvalue weighted by molar-refractivity contribution is 5.94. The van der Waals surface area contributed by atoms with E-state index in [1.54, 1.807) is 115 Å². The number of nitrogens with one attached hydrogen (secondary N) is 5. The average Bonchev–Trinajstić information content (AvgIpc) is 3.28. The zero-order valence-electron chi connectivity index (χ0n) is 36.7. The predicted octanol–water partition coefficient (Wildman–Crippen LogP) is 7.01. The fourth-order valence-electron chi connectivity index (χ4n) is 6.05. The lowest BCUT2D eigenvalue weighted by atomic mass is 10.0. The molecule has 0 aromatic heterocycles. The van der Waals surface area contributed by atoms with Gasteiger partial charge in [0.15, 0.2) is 0 Å². The molecule has 63 heavy (non-hydrogen) atoms. The maximum atomic E-state index is 13.6. The van der Waals surface area contributed by atoms with Gasteiger partial charge in [0.1, 0.15) is 42.1 Å². The summed E-state index contributed by atoms with van der Waals surface area (Å²) >= 11 is 0. The van der Waals surface area contributed by atoms with Crippen molar-refractivity contribution in [1.29, 1.82) is 0 Å². The van der Waals surface area contributed by atoms with Crippen molar-refractivity contribution in [2.75, 3.05) is 33.3 Å². The van der Waals surface area contributed by atoms with Crippen LogP contribution in [0.5, 0.6) is 17.2 Å². The summed E-state index contributed by atoms with van der Waals surface area (Å²) in [6.45, 7) is 5.64. The van der Waals surface area contributed by atoms with Gasteiger partial charge in [0.2, 0.25) is 0 Å². The summed E-state index contributed by atoms with van der Waals surface area (Å²) in [7, 11) is 4.70. The maximum absolute atomic E-state index is 13.6. The normalized spacial score (nSPS) is 11.8. The molecular formula is C47H59N5O11. The summed E-state index contributed by atoms with van der Waals surface area (Å²) in [5.41, 5.74) is 7.99. The van der Waals surface area contributed by atoms with Gasteiger partial charge in [0.05, 0.1) is 27.0 Å². The van der Waals surface area contributed by atoms with E-state index in [4.69, 9.17) is 28.4 Å². The first-order valence-corrected chi connectivity index (χ1v) is 20.6. The minimum Gasteiger partial charge on any atom is -0.497 e. The Hall–Kier alpha value is -6.97. The van der Waals surface area contributed by atoms with E-state index in [0.717, 1.165) is 11.1 Å². The monoisotopic (exact) mass is 869 g/mol. The Morgan fingerprint density at radius 1 is 0.619 bits per heavy atom. The lowest BCUT2D eigenvalue weighted by Crippen LogP contribution is -2.50. The molecule has 0 radical (unpaired) electrons. The Morgan fingerprint density at radius 3 is 1.70 bits per heavy atom. The van der Waals surface area contributed by atoms with Gasteiger partial charge in [-0.2, -0.15) is 0 Å². The van der Waals surface area contributed by atoms with E-state index in [9.17, 15) is 24.0 Å². The zero-order chi connectivity index (χ0) is 45.6. The van der Waals surface area contributed by atoms with E-state index in [2.05, 4.69) is 26.8 Å². The minimum absolute atomic E-state index is 0.0293. The number of carbonyl (C=O) groups is 5. The van der Waals surface area contributed by atoms with Crippen LogP contribution in [-0.2, 0) is 43.4 Å². The maximum Gasteiger partial charge on any atom is 0.426 e. The van der Waals surface area contributed by atoms with Crippen molar-refractivity contribution < 1.29 is 52.4 Å². The molecule has 0 aliphatic heterocycles. The summed E-state index contributed by atoms with van der Waals surface area (Å²) in [5, 5.41) is 8.67. The molecule has 4 aromatic rings. The number of hydrazine groups is 1. The molecule has 0 saturated carbocycles. The number of hydrogen-bond acceptors (Lipinski definition) is 12. The number of unbranched alkanes of at least 4 members (excludes halogenated alkanes) is 1. The molecule has 0 heterocycles. The predicted molar refractivity (Wildman–Crippen MR) is 236 cm³/mol. The van der Waals surface area contributed by atoms with Gasteiger partial charge in [-0.15, -0.1) is 0 Å². The smallest absolute Gasteiger partial charge is 0.426 e. The van der Waals surface area contributed by atoms with Crippen LogP contribution in [-0.4, -0.2) is 75.5 Å². The summed E-state index contributed by atoms with van der Waals surface area (Å²) in [6.07, 6.45) is 1.42. The van der Waals surface area contributed by atoms with Crippen LogP contribution in [0.3, 0.4) is 0 Å². The third kappa shape index (κ3) is 18.3. The van der Waals surface area contributed by atoms with E-state index < -0.39 is 35.7 Å². The van der Waals surface area contributed by atoms with E-state index >= 15 is 0 Å². The summed E-state index contributed by atoms with van der Waals surface area (Å²) in [6, 6.07) is 26.1. The first-order chi connectivity index (χ1) is 30.2. The minimum atomic E-state index is -1.17. The molecule has 5 N–H and O–H groups in total. The largest absolute Gasteiger partial charge is 0.497 e. The van der Waals surface area contributed by atoms with Crippen LogP contribution in [0.4, 0.5) is 15.3 Å². The fraction of sp³-hybridized carbons (Fsp3) is 0.383. The Kier molecular flexibility index (Phi) is 19.4. The van der Waals surface area contributed by atoms with Gasteiger partial charge in [0, 0.05) is 24.6 Å². The number of esters is 2. The molecule has 0 aliphatic carbocycles. The van der Waals surface area contributed by atoms with E-state index in [0.29, 0.717) is 66.3 Å². The summed E-state index contributed by atoms with van der Waals surface area (Å²) in [4.78, 5) is 64.7. The van der Waals surface area contributed by atoms with E-state index in [-0.39, 0.29) is 38.0 Å². The number of benzene rings is 4. The highest BCUT2D eigenvalue weighted by Gasteiger charge is 2.25. The van der Waals surface area contributed by atoms with E-state index in [1.807, 2.05) is 24.3 Å². The number of anilines is 1. The molecule has 16 heteroatoms. The summed E-state index contributed by atoms with van der Waals surface area (Å²) < 4.78 is 31.9. The molecule has 0 fully saturated rings. The lowest BCUT2D eigenvalue weighted by Gasteiger charge is -2.23. The second-order valence-electron chi connectivity index (χ2n) is 15.5. The average molecular weight is 870 g/mol. The van der Waals surface area contributed by atoms with Crippen LogP contribution in [0.1, 0.15) is 79.9 Å². The molecule has 0 aliphatic rings. The number of ether oxygens (including phenoxy) is 6. The van der Waals surface area contributed by atoms with Gasteiger partial charge in [-0.3, -0.25) is 15.0 Å². The number of hydrogen-bond donors (Lipinski definition) is 5. The van der Waals surface area contributed by atoms with Crippen LogP contribution in [0.2, 0.25) is 0 Å². The van der Waals surface area contributed by atoms with Crippen LogP contribution < -0.4 is 41.0 Å². The number of rotatable bonds is 23. The van der Waals surface area contributed by atoms with Gasteiger partial charge in [-0.05, 0) is 130 Å². The quantitative estimate of drug-likeness (QED) is 0.0221. The number of carbonyl (C=O) groups excluding carboxylic acids is 5. The van der Waals surface area contributed by atoms with Crippen LogP contribution in [0.15, 0.2) is 97.1 Å². The van der Waals surface area contributed by atoms with Gasteiger partial charge in [-0.1, -0.05) is 36.4 Å². The first kappa shape index (κ1) is 48.7. The van der Waals surface area contributed by atoms with Gasteiger partial charge < -0.3 is 44.4 Å². The van der Waals surface area contributed by atoms with Crippen molar-refractivity contribution >= 4 is 35.7 Å². The van der Waals surface area contributed by atoms with Gasteiger partial charge in [0.25, 0.3) is 5.91 Å². The Balaban J connectivity index is 1.33. The van der Waals surface area contributed by atoms with Crippen molar-refractivity contribution in [2.45, 2.75) is 90.2 Å². The lowest BCUT2D eigenvalue weighted by molar-refractivity contribution is -0.148. The standard InChI is InChI=1S/C47H59N5O11/c1-47(2,3)63-46(57)52-51-36-18-16-35(17-19-36)43(54)48-28-8-7-9-37(29-32-10-20-38(58-4)21-11-32)49-45(56)50-41(44(55)62-31-34-14-24-40(60-6)25-15-34)26-27-42(53)61-30-33-12-22-39(59-5)23-13-33/h10-25,37,41,51H,7-9,26-31H2,1-6H3,(H,48,54)(H,52,57)(H2,49,50,56). The SMILES string of the molecule is COc1ccc(COC(=O)CCC(NC(=O)NC(CCCCNC(=O)c2ccc(NNC(=O)OC(C)(C)C)cc2)Cc2ccc(OC)cc2)C(=O)OCc2ccc(OC)cc2)cc1. The molecule has 0 bridgehead atoms. The van der Waals surface area contributed by atoms with Crippen molar-refractivity contribution in [2.24, 2.45) is 0 Å². The Morgan fingerprint density at radius 2 is 1.16 bits per heavy atom. The first-order valence-electron chi connectivity index (χ1n) is 20.6. The molecule has 2 unspecified atom stereocenters. The topological polar surface area (TPSA) is 201 Å². The zero-order valence-corrected chi connectivity index (χ0v) is 36.7. The van der Waals surface area contributed by atoms with Crippen molar-refractivity contribution in [3.63, 3.8) is 0 Å². The van der Waals surface area contributed by atoms with Crippen molar-refractivity contribution in [3.05, 3.63) is 119 Å². The molecule has 16 nitrogen and oxygen atoms in total. The Bertz CT molecular complexity index is 2050. The molecule has 0 spiro atoms. The third-order valence-corrected chi connectivity index (χ3v) is 9.42. The third-order valence-electron chi connectivity index (χ3n) is 9.42. The van der Waals surface area contributed by atoms with Crippen molar-refractivity contribution in [3.8, 4) is 17.2 Å². The summed E-state index contributed by atoms with van der Waals surface area (Å²) in [5.74, 6) is 0.492. The number of urea groups is 1.